The lowest BCUT2D eigenvalue weighted by Gasteiger charge is -2.26. The van der Waals surface area contributed by atoms with Gasteiger partial charge in [0.25, 0.3) is 11.8 Å². The van der Waals surface area contributed by atoms with E-state index in [2.05, 4.69) is 5.32 Å². The summed E-state index contributed by atoms with van der Waals surface area (Å²) >= 11 is 6.22. The second-order valence-electron chi connectivity index (χ2n) is 7.76. The number of hydrogen-bond donors (Lipinski definition) is 2. The molecule has 11 nitrogen and oxygen atoms in total. The molecule has 2 N–H and O–H groups in total. The molecule has 0 saturated carbocycles. The summed E-state index contributed by atoms with van der Waals surface area (Å²) in [4.78, 5) is 49.9. The number of carbonyl (C=O) groups is 4. The minimum absolute atomic E-state index is 0.00141. The molecule has 2 aromatic rings. The minimum Gasteiger partial charge on any atom is -0.493 e. The van der Waals surface area contributed by atoms with E-state index in [0.717, 1.165) is 11.3 Å². The van der Waals surface area contributed by atoms with Crippen molar-refractivity contribution < 1.29 is 43.2 Å². The van der Waals surface area contributed by atoms with Gasteiger partial charge >= 0.3 is 12.0 Å². The summed E-state index contributed by atoms with van der Waals surface area (Å²) in [6.45, 7) is 1.69. The topological polar surface area (TPSA) is 141 Å². The molecular weight excluding hydrogens is 508 g/mol. The van der Waals surface area contributed by atoms with Crippen LogP contribution < -0.4 is 24.3 Å². The fraction of sp³-hybridized carbons (Fsp3) is 0.280. The van der Waals surface area contributed by atoms with Gasteiger partial charge in [0.2, 0.25) is 0 Å². The van der Waals surface area contributed by atoms with Crippen LogP contribution in [0, 0.1) is 0 Å². The van der Waals surface area contributed by atoms with E-state index in [1.165, 1.54) is 32.4 Å². The van der Waals surface area contributed by atoms with Crippen LogP contribution in [0.5, 0.6) is 23.0 Å². The van der Waals surface area contributed by atoms with Crippen LogP contribution in [0.2, 0.25) is 5.02 Å². The van der Waals surface area contributed by atoms with Crippen LogP contribution in [0.25, 0.3) is 6.08 Å². The highest BCUT2D eigenvalue weighted by atomic mass is 35.5. The van der Waals surface area contributed by atoms with Crippen molar-refractivity contribution in [2.24, 2.45) is 0 Å². The number of nitrogens with zero attached hydrogens (tertiary/aromatic N) is 1. The molecule has 0 atom stereocenters. The molecule has 4 amide bonds. The molecule has 0 unspecified atom stereocenters. The van der Waals surface area contributed by atoms with Crippen LogP contribution in [0.3, 0.4) is 0 Å². The third kappa shape index (κ3) is 6.50. The number of methoxy groups -OCH3 is 2. The number of carboxylic acid groups (broad SMARTS) is 1. The molecule has 1 heterocycles. The van der Waals surface area contributed by atoms with Gasteiger partial charge < -0.3 is 24.1 Å². The number of aliphatic carboxylic acids is 1. The molecular formula is C25H25ClN2O9. The Bertz CT molecular complexity index is 1260. The third-order valence-electron chi connectivity index (χ3n) is 5.12. The van der Waals surface area contributed by atoms with E-state index in [9.17, 15) is 19.2 Å². The van der Waals surface area contributed by atoms with Gasteiger partial charge in [-0.1, -0.05) is 24.6 Å². The minimum atomic E-state index is -1.21. The number of barbiturate groups is 1. The number of carboxylic acids is 1. The summed E-state index contributed by atoms with van der Waals surface area (Å²) in [6.07, 6.45) is 2.06. The fourth-order valence-electron chi connectivity index (χ4n) is 3.43. The van der Waals surface area contributed by atoms with Crippen LogP contribution in [-0.2, 0) is 20.9 Å². The largest absolute Gasteiger partial charge is 0.493 e. The van der Waals surface area contributed by atoms with Crippen LogP contribution >= 0.6 is 11.6 Å². The lowest BCUT2D eigenvalue weighted by Crippen LogP contribution is -2.53. The van der Waals surface area contributed by atoms with E-state index >= 15 is 0 Å². The lowest BCUT2D eigenvalue weighted by molar-refractivity contribution is -0.139. The number of imide groups is 2. The predicted molar refractivity (Wildman–Crippen MR) is 132 cm³/mol. The summed E-state index contributed by atoms with van der Waals surface area (Å²) < 4.78 is 21.4. The zero-order chi connectivity index (χ0) is 27.1. The Hall–Kier alpha value is -4.25. The summed E-state index contributed by atoms with van der Waals surface area (Å²) in [5.41, 5.74) is 0.547. The highest BCUT2D eigenvalue weighted by Gasteiger charge is 2.36. The molecule has 3 rings (SSSR count). The number of halogens is 1. The fourth-order valence-corrected chi connectivity index (χ4v) is 3.70. The first kappa shape index (κ1) is 27.3. The molecule has 1 saturated heterocycles. The molecule has 0 aromatic heterocycles. The van der Waals surface area contributed by atoms with E-state index in [1.807, 2.05) is 6.92 Å². The van der Waals surface area contributed by atoms with Crippen molar-refractivity contribution in [2.75, 3.05) is 27.4 Å². The number of benzene rings is 2. The quantitative estimate of drug-likeness (QED) is 0.329. The summed E-state index contributed by atoms with van der Waals surface area (Å²) in [5.74, 6) is -1.86. The van der Waals surface area contributed by atoms with Crippen LogP contribution in [-0.4, -0.2) is 61.3 Å². The van der Waals surface area contributed by atoms with Gasteiger partial charge in [-0.2, -0.15) is 0 Å². The van der Waals surface area contributed by atoms with Gasteiger partial charge in [0.1, 0.15) is 5.57 Å². The van der Waals surface area contributed by atoms with Gasteiger partial charge in [-0.15, -0.1) is 0 Å². The van der Waals surface area contributed by atoms with E-state index in [4.69, 9.17) is 35.7 Å². The van der Waals surface area contributed by atoms with Crippen LogP contribution in [0.15, 0.2) is 35.9 Å². The van der Waals surface area contributed by atoms with Gasteiger partial charge in [0, 0.05) is 0 Å². The van der Waals surface area contributed by atoms with Crippen molar-refractivity contribution in [3.05, 3.63) is 52.1 Å². The van der Waals surface area contributed by atoms with E-state index in [0.29, 0.717) is 23.7 Å². The van der Waals surface area contributed by atoms with Gasteiger partial charge in [0.15, 0.2) is 29.6 Å². The smallest absolute Gasteiger partial charge is 0.341 e. The van der Waals surface area contributed by atoms with Crippen molar-refractivity contribution in [3.8, 4) is 23.0 Å². The van der Waals surface area contributed by atoms with Gasteiger partial charge in [-0.25, -0.2) is 9.59 Å². The Morgan fingerprint density at radius 1 is 1.05 bits per heavy atom. The number of ether oxygens (including phenoxy) is 4. The van der Waals surface area contributed by atoms with Gasteiger partial charge in [-0.3, -0.25) is 19.8 Å². The first-order chi connectivity index (χ1) is 17.7. The Balaban J connectivity index is 1.89. The highest BCUT2D eigenvalue weighted by Crippen LogP contribution is 2.37. The summed E-state index contributed by atoms with van der Waals surface area (Å²) in [5, 5.41) is 11.0. The van der Waals surface area contributed by atoms with E-state index in [1.54, 1.807) is 18.2 Å². The monoisotopic (exact) mass is 532 g/mol. The van der Waals surface area contributed by atoms with Crippen molar-refractivity contribution in [1.29, 1.82) is 0 Å². The molecule has 0 aliphatic carbocycles. The number of rotatable bonds is 11. The molecule has 1 aliphatic rings. The number of nitrogens with one attached hydrogen (secondary N) is 1. The average Bonchev–Trinajstić information content (AvgIpc) is 2.86. The third-order valence-corrected chi connectivity index (χ3v) is 5.40. The summed E-state index contributed by atoms with van der Waals surface area (Å²) in [7, 11) is 2.80. The maximum Gasteiger partial charge on any atom is 0.341 e. The molecule has 196 valence electrons. The first-order valence-electron chi connectivity index (χ1n) is 11.1. The average molecular weight is 533 g/mol. The number of carbonyl (C=O) groups excluding carboxylic acids is 3. The van der Waals surface area contributed by atoms with Crippen LogP contribution in [0.4, 0.5) is 4.79 Å². The number of hydrogen-bond acceptors (Lipinski definition) is 8. The molecule has 2 aromatic carbocycles. The number of urea groups is 1. The summed E-state index contributed by atoms with van der Waals surface area (Å²) in [6, 6.07) is 6.93. The Morgan fingerprint density at radius 2 is 1.78 bits per heavy atom. The lowest BCUT2D eigenvalue weighted by atomic mass is 10.1. The second-order valence-corrected chi connectivity index (χ2v) is 8.17. The molecule has 37 heavy (non-hydrogen) atoms. The molecule has 0 bridgehead atoms. The molecule has 1 aliphatic heterocycles. The van der Waals surface area contributed by atoms with Crippen molar-refractivity contribution >= 4 is 41.5 Å². The van der Waals surface area contributed by atoms with E-state index in [-0.39, 0.29) is 34.2 Å². The zero-order valence-corrected chi connectivity index (χ0v) is 21.1. The molecule has 12 heteroatoms. The van der Waals surface area contributed by atoms with Crippen molar-refractivity contribution in [1.82, 2.24) is 10.2 Å². The van der Waals surface area contributed by atoms with Crippen LogP contribution in [0.1, 0.15) is 24.5 Å². The molecule has 0 radical (unpaired) electrons. The van der Waals surface area contributed by atoms with Gasteiger partial charge in [0.05, 0.1) is 32.4 Å². The normalized spacial score (nSPS) is 14.4. The first-order valence-corrected chi connectivity index (χ1v) is 11.5. The Morgan fingerprint density at radius 3 is 2.43 bits per heavy atom. The van der Waals surface area contributed by atoms with Gasteiger partial charge in [-0.05, 0) is 47.9 Å². The SMILES string of the molecule is CCCOc1ccc(CN2C(=O)NC(=O)C(=Cc3cc(Cl)c(OCC(=O)O)c(OC)c3)C2=O)cc1OC. The predicted octanol–water partition coefficient (Wildman–Crippen LogP) is 3.27. The Kier molecular flexibility index (Phi) is 8.96. The number of amides is 4. The Labute approximate surface area is 217 Å². The zero-order valence-electron chi connectivity index (χ0n) is 20.3. The molecule has 1 fully saturated rings. The highest BCUT2D eigenvalue weighted by molar-refractivity contribution is 6.33. The maximum atomic E-state index is 13.2. The van der Waals surface area contributed by atoms with Crippen molar-refractivity contribution in [3.63, 3.8) is 0 Å². The molecule has 0 spiro atoms. The van der Waals surface area contributed by atoms with Crippen molar-refractivity contribution in [2.45, 2.75) is 19.9 Å². The standard InChI is InChI=1S/C25H25ClN2O9/c1-4-7-36-18-6-5-14(10-19(18)34-2)12-28-24(32)16(23(31)27-25(28)33)8-15-9-17(26)22(20(11-15)35-3)37-13-21(29)30/h5-6,8-11H,4,7,12-13H2,1-3H3,(H,29,30)(H,27,31,33). The van der Waals surface area contributed by atoms with E-state index < -0.39 is 30.4 Å². The maximum absolute atomic E-state index is 13.2. The second kappa shape index (κ2) is 12.1.